The molecule has 0 radical (unpaired) electrons. The Morgan fingerprint density at radius 2 is 1.94 bits per heavy atom. The van der Waals surface area contributed by atoms with Gasteiger partial charge in [-0.3, -0.25) is 14.5 Å². The number of imidazole rings is 1. The van der Waals surface area contributed by atoms with E-state index < -0.39 is 0 Å². The Hall–Kier alpha value is -3.04. The first kappa shape index (κ1) is 20.8. The van der Waals surface area contributed by atoms with Crippen LogP contribution < -0.4 is 5.56 Å². The Balaban J connectivity index is 1.29. The first-order valence-electron chi connectivity index (χ1n) is 11.0. The summed E-state index contributed by atoms with van der Waals surface area (Å²) in [5, 5.41) is 0. The van der Waals surface area contributed by atoms with Crippen LogP contribution in [0.4, 0.5) is 0 Å². The van der Waals surface area contributed by atoms with Gasteiger partial charge in [-0.1, -0.05) is 12.1 Å². The van der Waals surface area contributed by atoms with Gasteiger partial charge in [-0.05, 0) is 25.0 Å². The Morgan fingerprint density at radius 3 is 2.69 bits per heavy atom. The molecule has 0 saturated carbocycles. The lowest BCUT2D eigenvalue weighted by molar-refractivity contribution is -0.134. The van der Waals surface area contributed by atoms with Crippen LogP contribution in [-0.4, -0.2) is 73.2 Å². The molecule has 9 nitrogen and oxygen atoms in total. The van der Waals surface area contributed by atoms with Crippen LogP contribution in [0.15, 0.2) is 41.5 Å². The van der Waals surface area contributed by atoms with Crippen LogP contribution in [-0.2, 0) is 25.4 Å². The van der Waals surface area contributed by atoms with E-state index in [9.17, 15) is 9.59 Å². The number of aromatic nitrogens is 4. The number of benzene rings is 1. The molecule has 0 unspecified atom stereocenters. The van der Waals surface area contributed by atoms with Gasteiger partial charge >= 0.3 is 0 Å². The van der Waals surface area contributed by atoms with Crippen molar-refractivity contribution < 1.29 is 9.53 Å². The summed E-state index contributed by atoms with van der Waals surface area (Å²) in [6.07, 6.45) is 5.26. The second-order valence-electron chi connectivity index (χ2n) is 8.80. The van der Waals surface area contributed by atoms with Crippen molar-refractivity contribution in [2.45, 2.75) is 25.0 Å². The first-order valence-corrected chi connectivity index (χ1v) is 11.0. The maximum absolute atomic E-state index is 13.2. The van der Waals surface area contributed by atoms with Crippen molar-refractivity contribution in [3.63, 3.8) is 0 Å². The third-order valence-electron chi connectivity index (χ3n) is 6.76. The van der Waals surface area contributed by atoms with Gasteiger partial charge in [0.25, 0.3) is 11.5 Å². The highest BCUT2D eigenvalue weighted by Crippen LogP contribution is 2.31. The standard InChI is InChI=1S/C23H28N6O3/c1-26-12-9-24-19(26)15-28-13-14-32-23(16-28)7-10-29(11-8-23)22(31)20-21(30)27(2)18-6-4-3-5-17(18)25-20/h3-6,9,12H,7-8,10-11,13-16H2,1-2H3. The van der Waals surface area contributed by atoms with Crippen molar-refractivity contribution in [2.24, 2.45) is 14.1 Å². The molecule has 1 spiro atoms. The molecule has 168 valence electrons. The van der Waals surface area contributed by atoms with Crippen LogP contribution in [0.1, 0.15) is 29.2 Å². The molecule has 3 aromatic rings. The molecule has 2 fully saturated rings. The normalized spacial score (nSPS) is 19.0. The minimum Gasteiger partial charge on any atom is -0.372 e. The van der Waals surface area contributed by atoms with Gasteiger partial charge in [0.05, 0.1) is 29.8 Å². The van der Waals surface area contributed by atoms with Crippen molar-refractivity contribution in [3.05, 3.63) is 58.5 Å². The van der Waals surface area contributed by atoms with Crippen LogP contribution in [0.25, 0.3) is 11.0 Å². The largest absolute Gasteiger partial charge is 0.372 e. The molecule has 4 heterocycles. The number of fused-ring (bicyclic) bond motifs is 1. The molecule has 5 rings (SSSR count). The average molecular weight is 437 g/mol. The molecule has 2 aliphatic rings. The lowest BCUT2D eigenvalue weighted by Crippen LogP contribution is -2.57. The third-order valence-corrected chi connectivity index (χ3v) is 6.76. The predicted octanol–water partition coefficient (Wildman–Crippen LogP) is 1.17. The molecule has 1 aromatic carbocycles. The SMILES string of the molecule is Cn1ccnc1CN1CCOC2(CCN(C(=O)c3nc4ccccc4n(C)c3=O)CC2)C1. The summed E-state index contributed by atoms with van der Waals surface area (Å²) in [4.78, 5) is 38.9. The second kappa shape index (κ2) is 8.14. The Kier molecular flexibility index (Phi) is 5.30. The summed E-state index contributed by atoms with van der Waals surface area (Å²) >= 11 is 0. The topological polar surface area (TPSA) is 85.5 Å². The van der Waals surface area contributed by atoms with Gasteiger partial charge in [0, 0.05) is 52.7 Å². The first-order chi connectivity index (χ1) is 15.5. The van der Waals surface area contributed by atoms with Gasteiger partial charge in [-0.25, -0.2) is 9.97 Å². The van der Waals surface area contributed by atoms with Crippen molar-refractivity contribution in [1.82, 2.24) is 28.9 Å². The summed E-state index contributed by atoms with van der Waals surface area (Å²) in [7, 11) is 3.69. The highest BCUT2D eigenvalue weighted by molar-refractivity contribution is 5.94. The Bertz CT molecular complexity index is 1210. The molecule has 0 aliphatic carbocycles. The number of amides is 1. The monoisotopic (exact) mass is 436 g/mol. The summed E-state index contributed by atoms with van der Waals surface area (Å²) in [6.45, 7) is 4.24. The van der Waals surface area contributed by atoms with E-state index in [4.69, 9.17) is 4.74 Å². The lowest BCUT2D eigenvalue weighted by atomic mass is 9.89. The molecule has 2 aliphatic heterocycles. The molecule has 0 bridgehead atoms. The number of hydrogen-bond acceptors (Lipinski definition) is 6. The minimum absolute atomic E-state index is 0.0110. The number of aryl methyl sites for hydroxylation is 2. The van der Waals surface area contributed by atoms with E-state index in [0.29, 0.717) is 25.2 Å². The van der Waals surface area contributed by atoms with Gasteiger partial charge in [0.15, 0.2) is 5.69 Å². The number of piperidine rings is 1. The van der Waals surface area contributed by atoms with Crippen LogP contribution in [0.5, 0.6) is 0 Å². The summed E-state index contributed by atoms with van der Waals surface area (Å²) < 4.78 is 9.77. The second-order valence-corrected chi connectivity index (χ2v) is 8.80. The predicted molar refractivity (Wildman–Crippen MR) is 119 cm³/mol. The maximum Gasteiger partial charge on any atom is 0.282 e. The van der Waals surface area contributed by atoms with Gasteiger partial charge in [-0.15, -0.1) is 0 Å². The summed E-state index contributed by atoms with van der Waals surface area (Å²) in [6, 6.07) is 7.37. The molecule has 0 N–H and O–H groups in total. The van der Waals surface area contributed by atoms with E-state index in [0.717, 1.165) is 43.8 Å². The molecule has 0 atom stereocenters. The number of morpholine rings is 1. The molecule has 2 saturated heterocycles. The molecule has 1 amide bonds. The smallest absolute Gasteiger partial charge is 0.282 e. The average Bonchev–Trinajstić information content (AvgIpc) is 3.20. The molecular formula is C23H28N6O3. The van der Waals surface area contributed by atoms with Crippen LogP contribution in [0.2, 0.25) is 0 Å². The van der Waals surface area contributed by atoms with Gasteiger partial charge in [-0.2, -0.15) is 0 Å². The number of ether oxygens (including phenoxy) is 1. The Labute approximate surface area is 186 Å². The van der Waals surface area contributed by atoms with Crippen molar-refractivity contribution in [1.29, 1.82) is 0 Å². The van der Waals surface area contributed by atoms with Crippen molar-refractivity contribution >= 4 is 16.9 Å². The van der Waals surface area contributed by atoms with E-state index in [2.05, 4.69) is 14.9 Å². The zero-order valence-electron chi connectivity index (χ0n) is 18.5. The number of carbonyl (C=O) groups is 1. The van der Waals surface area contributed by atoms with Gasteiger partial charge < -0.3 is 18.8 Å². The van der Waals surface area contributed by atoms with Gasteiger partial charge in [0.1, 0.15) is 5.82 Å². The zero-order chi connectivity index (χ0) is 22.3. The fourth-order valence-electron chi connectivity index (χ4n) is 4.79. The summed E-state index contributed by atoms with van der Waals surface area (Å²) in [5.41, 5.74) is 0.733. The molecule has 9 heteroatoms. The highest BCUT2D eigenvalue weighted by atomic mass is 16.5. The number of hydrogen-bond donors (Lipinski definition) is 0. The number of para-hydroxylation sites is 2. The van der Waals surface area contributed by atoms with Crippen molar-refractivity contribution in [2.75, 3.05) is 32.8 Å². The van der Waals surface area contributed by atoms with Crippen LogP contribution in [0.3, 0.4) is 0 Å². The van der Waals surface area contributed by atoms with Crippen LogP contribution >= 0.6 is 0 Å². The number of nitrogens with zero attached hydrogens (tertiary/aromatic N) is 6. The van der Waals surface area contributed by atoms with Gasteiger partial charge in [0.2, 0.25) is 0 Å². The number of carbonyl (C=O) groups excluding carboxylic acids is 1. The summed E-state index contributed by atoms with van der Waals surface area (Å²) in [5.74, 6) is 0.736. The van der Waals surface area contributed by atoms with E-state index in [1.807, 2.05) is 48.3 Å². The van der Waals surface area contributed by atoms with Crippen LogP contribution in [0, 0.1) is 0 Å². The van der Waals surface area contributed by atoms with Crippen molar-refractivity contribution in [3.8, 4) is 0 Å². The maximum atomic E-state index is 13.2. The minimum atomic E-state index is -0.357. The number of rotatable bonds is 3. The van der Waals surface area contributed by atoms with E-state index in [1.165, 1.54) is 4.57 Å². The zero-order valence-corrected chi connectivity index (χ0v) is 18.5. The molecule has 2 aromatic heterocycles. The van der Waals surface area contributed by atoms with E-state index >= 15 is 0 Å². The fraction of sp³-hybridized carbons (Fsp3) is 0.478. The fourth-order valence-corrected chi connectivity index (χ4v) is 4.79. The Morgan fingerprint density at radius 1 is 1.16 bits per heavy atom. The third kappa shape index (κ3) is 3.71. The molecule has 32 heavy (non-hydrogen) atoms. The highest BCUT2D eigenvalue weighted by Gasteiger charge is 2.41. The molecular weight excluding hydrogens is 408 g/mol. The lowest BCUT2D eigenvalue weighted by Gasteiger charge is -2.47. The quantitative estimate of drug-likeness (QED) is 0.613. The number of likely N-dealkylation sites (tertiary alicyclic amines) is 1. The van der Waals surface area contributed by atoms with E-state index in [-0.39, 0.29) is 22.8 Å². The van der Waals surface area contributed by atoms with E-state index in [1.54, 1.807) is 11.9 Å².